The maximum atomic E-state index is 10.8. The number of carbonyl (C=O) groups excluding carboxylic acids is 1. The number of nitro groups is 1. The highest BCUT2D eigenvalue weighted by Crippen LogP contribution is 2.25. The van der Waals surface area contributed by atoms with Gasteiger partial charge in [0, 0.05) is 6.20 Å². The zero-order chi connectivity index (χ0) is 13.5. The summed E-state index contributed by atoms with van der Waals surface area (Å²) in [4.78, 5) is 24.1. The van der Waals surface area contributed by atoms with Gasteiger partial charge in [-0.05, 0) is 6.07 Å². The van der Waals surface area contributed by atoms with Gasteiger partial charge in [0.25, 0.3) is 0 Å². The van der Waals surface area contributed by atoms with E-state index in [2.05, 4.69) is 15.0 Å². The highest BCUT2D eigenvalue weighted by atomic mass is 16.6. The molecule has 1 amide bonds. The number of hydrogen-bond donors (Lipinski definition) is 2. The van der Waals surface area contributed by atoms with Crippen LogP contribution in [0.4, 0.5) is 16.3 Å². The summed E-state index contributed by atoms with van der Waals surface area (Å²) in [5, 5.41) is 22.1. The first-order valence-corrected chi connectivity index (χ1v) is 4.76. The second-order valence-electron chi connectivity index (χ2n) is 3.02. The van der Waals surface area contributed by atoms with E-state index in [0.717, 1.165) is 0 Å². The van der Waals surface area contributed by atoms with Crippen molar-refractivity contribution in [1.82, 2.24) is 4.98 Å². The summed E-state index contributed by atoms with van der Waals surface area (Å²) in [6.45, 7) is 0.0244. The second-order valence-corrected chi connectivity index (χ2v) is 3.02. The second kappa shape index (κ2) is 6.00. The van der Waals surface area contributed by atoms with Crippen molar-refractivity contribution in [1.29, 1.82) is 5.26 Å². The lowest BCUT2D eigenvalue weighted by Gasteiger charge is -2.06. The molecule has 0 aliphatic heterocycles. The Morgan fingerprint density at radius 1 is 1.72 bits per heavy atom. The maximum absolute atomic E-state index is 10.8. The molecule has 0 aromatic carbocycles. The molecule has 3 N–H and O–H groups in total. The van der Waals surface area contributed by atoms with Gasteiger partial charge in [-0.2, -0.15) is 5.26 Å². The summed E-state index contributed by atoms with van der Waals surface area (Å²) in [6.07, 6.45) is 0.327. The third-order valence-corrected chi connectivity index (χ3v) is 1.87. The minimum Gasteiger partial charge on any atom is -0.448 e. The molecule has 1 rings (SSSR count). The zero-order valence-corrected chi connectivity index (χ0v) is 9.12. The Bertz CT molecular complexity index is 510. The van der Waals surface area contributed by atoms with Crippen molar-refractivity contribution in [3.05, 3.63) is 27.9 Å². The van der Waals surface area contributed by atoms with E-state index >= 15 is 0 Å². The van der Waals surface area contributed by atoms with Gasteiger partial charge in [0.2, 0.25) is 5.82 Å². The van der Waals surface area contributed by atoms with Gasteiger partial charge < -0.3 is 15.8 Å². The molecule has 0 atom stereocenters. The van der Waals surface area contributed by atoms with Crippen LogP contribution in [0.15, 0.2) is 12.3 Å². The molecule has 1 heterocycles. The average molecular weight is 251 g/mol. The fraction of sp³-hybridized carbons (Fsp3) is 0.222. The minimum atomic E-state index is -0.940. The number of carbonyl (C=O) groups is 1. The number of hydrogen-bond acceptors (Lipinski definition) is 7. The van der Waals surface area contributed by atoms with Gasteiger partial charge in [-0.1, -0.05) is 0 Å². The quantitative estimate of drug-likeness (QED) is 0.436. The van der Waals surface area contributed by atoms with Crippen LogP contribution >= 0.6 is 0 Å². The molecule has 0 radical (unpaired) electrons. The predicted octanol–water partition coefficient (Wildman–Crippen LogP) is 0.369. The van der Waals surface area contributed by atoms with Crippen LogP contribution in [0.5, 0.6) is 0 Å². The molecule has 0 unspecified atom stereocenters. The van der Waals surface area contributed by atoms with E-state index in [1.165, 1.54) is 12.3 Å². The lowest BCUT2D eigenvalue weighted by Crippen LogP contribution is -2.19. The monoisotopic (exact) mass is 251 g/mol. The molecule has 9 heteroatoms. The van der Waals surface area contributed by atoms with Gasteiger partial charge >= 0.3 is 11.8 Å². The van der Waals surface area contributed by atoms with Crippen LogP contribution in [0, 0.1) is 21.4 Å². The van der Waals surface area contributed by atoms with Crippen molar-refractivity contribution < 1.29 is 14.5 Å². The lowest BCUT2D eigenvalue weighted by molar-refractivity contribution is -0.384. The molecule has 18 heavy (non-hydrogen) atoms. The Morgan fingerprint density at radius 3 is 3.00 bits per heavy atom. The number of anilines is 1. The van der Waals surface area contributed by atoms with Crippen LogP contribution in [-0.2, 0) is 4.74 Å². The van der Waals surface area contributed by atoms with Gasteiger partial charge in [-0.3, -0.25) is 10.1 Å². The fourth-order valence-corrected chi connectivity index (χ4v) is 1.18. The molecule has 1 aromatic heterocycles. The normalized spacial score (nSPS) is 9.28. The number of nitrogens with zero attached hydrogens (tertiary/aromatic N) is 3. The number of pyridine rings is 1. The third-order valence-electron chi connectivity index (χ3n) is 1.87. The summed E-state index contributed by atoms with van der Waals surface area (Å²) in [5.41, 5.74) is 4.22. The van der Waals surface area contributed by atoms with Crippen molar-refractivity contribution in [2.24, 2.45) is 5.73 Å². The standard InChI is InChI=1S/C9H9N5O4/c10-5-6-1-2-12-8(7(6)14(16)17)13-3-4-18-9(11)15/h1-2H,3-4H2,(H2,11,15)(H,12,13). The molecule has 0 aliphatic carbocycles. The molecule has 0 aliphatic rings. The largest absolute Gasteiger partial charge is 0.448 e. The summed E-state index contributed by atoms with van der Waals surface area (Å²) in [7, 11) is 0. The van der Waals surface area contributed by atoms with Crippen molar-refractivity contribution in [3.63, 3.8) is 0 Å². The van der Waals surface area contributed by atoms with E-state index in [1.807, 2.05) is 0 Å². The fourth-order valence-electron chi connectivity index (χ4n) is 1.18. The number of ether oxygens (including phenoxy) is 1. The Morgan fingerprint density at radius 2 is 2.44 bits per heavy atom. The van der Waals surface area contributed by atoms with Gasteiger partial charge in [-0.25, -0.2) is 9.78 Å². The van der Waals surface area contributed by atoms with E-state index in [9.17, 15) is 14.9 Å². The number of nitrogens with two attached hydrogens (primary N) is 1. The van der Waals surface area contributed by atoms with Crippen LogP contribution in [0.2, 0.25) is 0 Å². The first-order chi connectivity index (χ1) is 8.56. The first kappa shape index (κ1) is 13.2. The van der Waals surface area contributed by atoms with E-state index in [-0.39, 0.29) is 24.5 Å². The smallest absolute Gasteiger partial charge is 0.404 e. The van der Waals surface area contributed by atoms with Gasteiger partial charge in [0.1, 0.15) is 18.2 Å². The molecule has 94 valence electrons. The highest BCUT2D eigenvalue weighted by Gasteiger charge is 2.20. The van der Waals surface area contributed by atoms with Crippen molar-refractivity contribution in [3.8, 4) is 6.07 Å². The molecule has 0 spiro atoms. The van der Waals surface area contributed by atoms with Crippen LogP contribution in [0.1, 0.15) is 5.56 Å². The molecule has 9 nitrogen and oxygen atoms in total. The molecule has 0 bridgehead atoms. The maximum Gasteiger partial charge on any atom is 0.404 e. The van der Waals surface area contributed by atoms with E-state index < -0.39 is 16.7 Å². The van der Waals surface area contributed by atoms with Gasteiger partial charge in [-0.15, -0.1) is 0 Å². The Kier molecular flexibility index (Phi) is 4.39. The van der Waals surface area contributed by atoms with Crippen molar-refractivity contribution in [2.45, 2.75) is 0 Å². The van der Waals surface area contributed by atoms with Crippen LogP contribution in [0.3, 0.4) is 0 Å². The topological polar surface area (TPSA) is 144 Å². The van der Waals surface area contributed by atoms with E-state index in [0.29, 0.717) is 0 Å². The predicted molar refractivity (Wildman–Crippen MR) is 59.6 cm³/mol. The number of aromatic nitrogens is 1. The van der Waals surface area contributed by atoms with Crippen molar-refractivity contribution in [2.75, 3.05) is 18.5 Å². The molecule has 0 saturated heterocycles. The Labute approximate surface area is 101 Å². The Hall–Kier alpha value is -2.89. The molecular weight excluding hydrogens is 242 g/mol. The number of primary amides is 1. The lowest BCUT2D eigenvalue weighted by atomic mass is 10.2. The first-order valence-electron chi connectivity index (χ1n) is 4.76. The van der Waals surface area contributed by atoms with Gasteiger partial charge in [0.05, 0.1) is 11.5 Å². The zero-order valence-electron chi connectivity index (χ0n) is 9.12. The number of rotatable bonds is 5. The average Bonchev–Trinajstić information content (AvgIpc) is 2.33. The van der Waals surface area contributed by atoms with E-state index in [1.54, 1.807) is 6.07 Å². The summed E-state index contributed by atoms with van der Waals surface area (Å²) in [5.74, 6) is -0.0629. The highest BCUT2D eigenvalue weighted by molar-refractivity contribution is 5.65. The SMILES string of the molecule is N#Cc1ccnc(NCCOC(N)=O)c1[N+](=O)[O-]. The summed E-state index contributed by atoms with van der Waals surface area (Å²) >= 11 is 0. The summed E-state index contributed by atoms with van der Waals surface area (Å²) < 4.78 is 4.43. The Balaban J connectivity index is 2.80. The number of amides is 1. The van der Waals surface area contributed by atoms with Crippen LogP contribution in [-0.4, -0.2) is 29.2 Å². The van der Waals surface area contributed by atoms with E-state index in [4.69, 9.17) is 11.0 Å². The van der Waals surface area contributed by atoms with Crippen LogP contribution < -0.4 is 11.1 Å². The summed E-state index contributed by atoms with van der Waals surface area (Å²) in [6, 6.07) is 2.94. The van der Waals surface area contributed by atoms with Crippen molar-refractivity contribution >= 4 is 17.6 Å². The number of nitrogens with one attached hydrogen (secondary N) is 1. The third kappa shape index (κ3) is 3.31. The minimum absolute atomic E-state index is 0.0629. The molecular formula is C9H9N5O4. The van der Waals surface area contributed by atoms with Crippen LogP contribution in [0.25, 0.3) is 0 Å². The number of nitriles is 1. The van der Waals surface area contributed by atoms with Gasteiger partial charge in [0.15, 0.2) is 0 Å². The molecule has 0 fully saturated rings. The molecule has 1 aromatic rings. The molecule has 0 saturated carbocycles.